The predicted molar refractivity (Wildman–Crippen MR) is 70.4 cm³/mol. The minimum Gasteiger partial charge on any atom is -0.335 e. The van der Waals surface area contributed by atoms with Gasteiger partial charge in [-0.05, 0) is 49.8 Å². The topological polar surface area (TPSA) is 20.3 Å². The number of benzene rings is 1. The minimum absolute atomic E-state index is 0.162. The molecule has 2 nitrogen and oxygen atoms in total. The maximum absolute atomic E-state index is 13.7. The lowest BCUT2D eigenvalue weighted by Gasteiger charge is -2.22. The first-order valence-electron chi connectivity index (χ1n) is 6.44. The second-order valence-corrected chi connectivity index (χ2v) is 5.81. The average molecular weight is 265 g/mol. The molecule has 0 heterocycles. The zero-order valence-corrected chi connectivity index (χ0v) is 11.0. The number of carbonyl (C=O) groups is 1. The minimum atomic E-state index is -0.445. The maximum Gasteiger partial charge on any atom is 0.257 e. The summed E-state index contributed by atoms with van der Waals surface area (Å²) >= 11 is 4.18. The molecule has 0 bridgehead atoms. The van der Waals surface area contributed by atoms with Gasteiger partial charge in [-0.2, -0.15) is 0 Å². The van der Waals surface area contributed by atoms with Crippen LogP contribution in [0.15, 0.2) is 23.1 Å². The average Bonchev–Trinajstić information content (AvgIpc) is 3.21. The van der Waals surface area contributed by atoms with E-state index in [2.05, 4.69) is 12.6 Å². The summed E-state index contributed by atoms with van der Waals surface area (Å²) in [4.78, 5) is 14.9. The fraction of sp³-hybridized carbons (Fsp3) is 0.500. The molecule has 2 aliphatic rings. The van der Waals surface area contributed by atoms with E-state index >= 15 is 0 Å². The van der Waals surface area contributed by atoms with E-state index in [4.69, 9.17) is 0 Å². The zero-order chi connectivity index (χ0) is 12.7. The third kappa shape index (κ3) is 2.53. The summed E-state index contributed by atoms with van der Waals surface area (Å²) in [5.74, 6) is 0.0221. The van der Waals surface area contributed by atoms with Crippen LogP contribution in [0.2, 0.25) is 0 Å². The van der Waals surface area contributed by atoms with Gasteiger partial charge in [0, 0.05) is 17.5 Å². The molecule has 0 spiro atoms. The van der Waals surface area contributed by atoms with Crippen molar-refractivity contribution in [3.8, 4) is 0 Å². The summed E-state index contributed by atoms with van der Waals surface area (Å²) in [6.45, 7) is 0.791. The van der Waals surface area contributed by atoms with Crippen LogP contribution in [0, 0.1) is 11.7 Å². The van der Waals surface area contributed by atoms with Gasteiger partial charge in [0.05, 0.1) is 5.56 Å². The highest BCUT2D eigenvalue weighted by Crippen LogP contribution is 2.36. The van der Waals surface area contributed by atoms with E-state index in [0.717, 1.165) is 19.4 Å². The van der Waals surface area contributed by atoms with Gasteiger partial charge in [0.2, 0.25) is 0 Å². The normalized spacial score (nSPS) is 18.8. The molecule has 4 heteroatoms. The number of thiol groups is 1. The largest absolute Gasteiger partial charge is 0.335 e. The summed E-state index contributed by atoms with van der Waals surface area (Å²) in [7, 11) is 0. The lowest BCUT2D eigenvalue weighted by molar-refractivity contribution is 0.0729. The Labute approximate surface area is 112 Å². The molecule has 1 aromatic carbocycles. The van der Waals surface area contributed by atoms with Crippen LogP contribution in [0.4, 0.5) is 4.39 Å². The number of halogens is 1. The van der Waals surface area contributed by atoms with Crippen LogP contribution in [0.1, 0.15) is 36.0 Å². The Bertz CT molecular complexity index is 483. The first-order valence-corrected chi connectivity index (χ1v) is 6.89. The van der Waals surface area contributed by atoms with Crippen LogP contribution < -0.4 is 0 Å². The van der Waals surface area contributed by atoms with E-state index in [-0.39, 0.29) is 11.5 Å². The van der Waals surface area contributed by atoms with Gasteiger partial charge in [0.25, 0.3) is 5.91 Å². The number of hydrogen-bond donors (Lipinski definition) is 1. The van der Waals surface area contributed by atoms with Crippen LogP contribution in [0.5, 0.6) is 0 Å². The molecule has 2 aliphatic carbocycles. The van der Waals surface area contributed by atoms with E-state index in [1.165, 1.54) is 25.0 Å². The number of hydrogen-bond acceptors (Lipinski definition) is 2. The standard InChI is InChI=1S/C14H16FNOS/c15-13-6-5-11(18)7-12(13)14(17)16(10-3-4-10)8-9-1-2-9/h5-7,9-10,18H,1-4,8H2. The molecular weight excluding hydrogens is 249 g/mol. The van der Waals surface area contributed by atoms with Crippen molar-refractivity contribution in [2.45, 2.75) is 36.6 Å². The molecule has 0 saturated heterocycles. The quantitative estimate of drug-likeness (QED) is 0.829. The molecule has 0 N–H and O–H groups in total. The molecule has 1 aromatic rings. The Morgan fingerprint density at radius 2 is 2.06 bits per heavy atom. The van der Waals surface area contributed by atoms with Crippen LogP contribution in [-0.2, 0) is 0 Å². The van der Waals surface area contributed by atoms with Gasteiger partial charge in [-0.25, -0.2) is 4.39 Å². The lowest BCUT2D eigenvalue weighted by Crippen LogP contribution is -2.35. The van der Waals surface area contributed by atoms with Gasteiger partial charge in [0.15, 0.2) is 0 Å². The van der Waals surface area contributed by atoms with Crippen LogP contribution >= 0.6 is 12.6 Å². The van der Waals surface area contributed by atoms with Crippen molar-refractivity contribution in [3.05, 3.63) is 29.6 Å². The van der Waals surface area contributed by atoms with Crippen LogP contribution in [0.25, 0.3) is 0 Å². The molecule has 0 atom stereocenters. The van der Waals surface area contributed by atoms with Crippen molar-refractivity contribution in [1.29, 1.82) is 0 Å². The Kier molecular flexibility index (Phi) is 3.06. The van der Waals surface area contributed by atoms with Crippen molar-refractivity contribution >= 4 is 18.5 Å². The van der Waals surface area contributed by atoms with Crippen LogP contribution in [-0.4, -0.2) is 23.4 Å². The fourth-order valence-corrected chi connectivity index (χ4v) is 2.40. The maximum atomic E-state index is 13.7. The number of rotatable bonds is 4. The van der Waals surface area contributed by atoms with E-state index < -0.39 is 5.82 Å². The number of nitrogens with zero attached hydrogens (tertiary/aromatic N) is 1. The van der Waals surface area contributed by atoms with Crippen molar-refractivity contribution < 1.29 is 9.18 Å². The Hall–Kier alpha value is -1.03. The highest BCUT2D eigenvalue weighted by molar-refractivity contribution is 7.80. The summed E-state index contributed by atoms with van der Waals surface area (Å²) < 4.78 is 13.7. The monoisotopic (exact) mass is 265 g/mol. The zero-order valence-electron chi connectivity index (χ0n) is 10.1. The fourth-order valence-electron chi connectivity index (χ4n) is 2.19. The lowest BCUT2D eigenvalue weighted by atomic mass is 10.1. The highest BCUT2D eigenvalue weighted by Gasteiger charge is 2.37. The molecule has 18 heavy (non-hydrogen) atoms. The third-order valence-corrected chi connectivity index (χ3v) is 3.86. The van der Waals surface area contributed by atoms with Gasteiger partial charge in [-0.15, -0.1) is 12.6 Å². The van der Waals surface area contributed by atoms with E-state index in [0.29, 0.717) is 16.9 Å². The van der Waals surface area contributed by atoms with Gasteiger partial charge in [0.1, 0.15) is 5.82 Å². The second-order valence-electron chi connectivity index (χ2n) is 5.30. The molecule has 96 valence electrons. The number of amides is 1. The molecule has 0 aliphatic heterocycles. The predicted octanol–water partition coefficient (Wildman–Crippen LogP) is 3.13. The Morgan fingerprint density at radius 1 is 1.33 bits per heavy atom. The van der Waals surface area contributed by atoms with Crippen molar-refractivity contribution in [2.24, 2.45) is 5.92 Å². The van der Waals surface area contributed by atoms with E-state index in [1.807, 2.05) is 4.90 Å². The Balaban J connectivity index is 1.83. The SMILES string of the molecule is O=C(c1cc(S)ccc1F)N(CC1CC1)C1CC1. The van der Waals surface area contributed by atoms with E-state index in [9.17, 15) is 9.18 Å². The molecule has 2 fully saturated rings. The molecular formula is C14H16FNOS. The smallest absolute Gasteiger partial charge is 0.257 e. The summed E-state index contributed by atoms with van der Waals surface area (Å²) in [6.07, 6.45) is 4.51. The molecule has 1 amide bonds. The van der Waals surface area contributed by atoms with Crippen molar-refractivity contribution in [3.63, 3.8) is 0 Å². The molecule has 2 saturated carbocycles. The highest BCUT2D eigenvalue weighted by atomic mass is 32.1. The van der Waals surface area contributed by atoms with Crippen molar-refractivity contribution in [2.75, 3.05) is 6.54 Å². The van der Waals surface area contributed by atoms with Gasteiger partial charge >= 0.3 is 0 Å². The summed E-state index contributed by atoms with van der Waals surface area (Å²) in [6, 6.07) is 4.75. The number of carbonyl (C=O) groups excluding carboxylic acids is 1. The van der Waals surface area contributed by atoms with Gasteiger partial charge in [-0.1, -0.05) is 0 Å². The third-order valence-electron chi connectivity index (χ3n) is 3.58. The summed E-state index contributed by atoms with van der Waals surface area (Å²) in [5, 5.41) is 0. The Morgan fingerprint density at radius 3 is 2.67 bits per heavy atom. The van der Waals surface area contributed by atoms with Gasteiger partial charge in [-0.3, -0.25) is 4.79 Å². The molecule has 0 radical (unpaired) electrons. The second kappa shape index (κ2) is 4.57. The van der Waals surface area contributed by atoms with E-state index in [1.54, 1.807) is 6.07 Å². The molecule has 0 aromatic heterocycles. The van der Waals surface area contributed by atoms with Crippen LogP contribution in [0.3, 0.4) is 0 Å². The molecule has 3 rings (SSSR count). The van der Waals surface area contributed by atoms with Crippen molar-refractivity contribution in [1.82, 2.24) is 4.90 Å². The first kappa shape index (κ1) is 12.0. The summed E-state index contributed by atoms with van der Waals surface area (Å²) in [5.41, 5.74) is 0.162. The molecule has 0 unspecified atom stereocenters. The van der Waals surface area contributed by atoms with Gasteiger partial charge < -0.3 is 4.90 Å². The first-order chi connectivity index (χ1) is 8.65.